The Morgan fingerprint density at radius 1 is 1.57 bits per heavy atom. The molecule has 0 amide bonds. The summed E-state index contributed by atoms with van der Waals surface area (Å²) < 4.78 is 2.06. The lowest BCUT2D eigenvalue weighted by molar-refractivity contribution is 0.650. The van der Waals surface area contributed by atoms with Crippen LogP contribution in [0, 0.1) is 0 Å². The van der Waals surface area contributed by atoms with E-state index in [1.807, 2.05) is 11.8 Å². The van der Waals surface area contributed by atoms with Gasteiger partial charge in [-0.15, -0.1) is 10.2 Å². The molecule has 1 saturated carbocycles. The third-order valence-electron chi connectivity index (χ3n) is 2.52. The van der Waals surface area contributed by atoms with E-state index < -0.39 is 0 Å². The second-order valence-corrected chi connectivity index (χ2v) is 5.37. The van der Waals surface area contributed by atoms with E-state index in [4.69, 9.17) is 11.6 Å². The highest BCUT2D eigenvalue weighted by molar-refractivity contribution is 7.99. The van der Waals surface area contributed by atoms with Gasteiger partial charge in [0.25, 0.3) is 0 Å². The van der Waals surface area contributed by atoms with Gasteiger partial charge in [-0.2, -0.15) is 11.8 Å². The van der Waals surface area contributed by atoms with Crippen molar-refractivity contribution < 1.29 is 0 Å². The monoisotopic (exact) mass is 231 g/mol. The highest BCUT2D eigenvalue weighted by Crippen LogP contribution is 2.39. The number of hydrogen-bond donors (Lipinski definition) is 0. The molecule has 1 aliphatic rings. The average molecular weight is 232 g/mol. The Morgan fingerprint density at radius 2 is 2.29 bits per heavy atom. The smallest absolute Gasteiger partial charge is 0.225 e. The first-order chi connectivity index (χ1) is 6.72. The third kappa shape index (κ3) is 2.06. The lowest BCUT2D eigenvalue weighted by atomic mass is 10.4. The first-order valence-corrected chi connectivity index (χ1v) is 6.50. The van der Waals surface area contributed by atoms with Gasteiger partial charge in [0.15, 0.2) is 0 Å². The molecule has 14 heavy (non-hydrogen) atoms. The van der Waals surface area contributed by atoms with Gasteiger partial charge in [0.05, 0.1) is 0 Å². The minimum atomic E-state index is 0.535. The van der Waals surface area contributed by atoms with Crippen molar-refractivity contribution in [2.24, 2.45) is 0 Å². The number of halogens is 1. The summed E-state index contributed by atoms with van der Waals surface area (Å²) >= 11 is 7.84. The Kier molecular flexibility index (Phi) is 3.02. The van der Waals surface area contributed by atoms with E-state index in [0.29, 0.717) is 16.5 Å². The van der Waals surface area contributed by atoms with E-state index in [0.717, 1.165) is 12.4 Å². The molecule has 1 aromatic heterocycles. The average Bonchev–Trinajstić information content (AvgIpc) is 2.95. The molecule has 78 valence electrons. The van der Waals surface area contributed by atoms with Gasteiger partial charge in [0.1, 0.15) is 5.82 Å². The van der Waals surface area contributed by atoms with Crippen LogP contribution in [0.2, 0.25) is 5.28 Å². The molecule has 5 heteroatoms. The van der Waals surface area contributed by atoms with E-state index in [-0.39, 0.29) is 0 Å². The first kappa shape index (κ1) is 10.3. The molecular formula is C9H14ClN3S. The molecule has 0 saturated heterocycles. The minimum Gasteiger partial charge on any atom is -0.300 e. The fourth-order valence-electron chi connectivity index (χ4n) is 1.44. The van der Waals surface area contributed by atoms with E-state index in [1.54, 1.807) is 0 Å². The summed E-state index contributed by atoms with van der Waals surface area (Å²) in [4.78, 5) is 0. The second kappa shape index (κ2) is 4.11. The van der Waals surface area contributed by atoms with Gasteiger partial charge in [0.2, 0.25) is 5.28 Å². The number of rotatable bonds is 4. The van der Waals surface area contributed by atoms with Crippen LogP contribution >= 0.6 is 23.4 Å². The van der Waals surface area contributed by atoms with Crippen LogP contribution in [0.4, 0.5) is 0 Å². The third-order valence-corrected chi connectivity index (χ3v) is 3.75. The maximum absolute atomic E-state index is 6.00. The van der Waals surface area contributed by atoms with Crippen LogP contribution < -0.4 is 0 Å². The lowest BCUT2D eigenvalue weighted by Crippen LogP contribution is -2.11. The van der Waals surface area contributed by atoms with Gasteiger partial charge >= 0.3 is 0 Å². The van der Waals surface area contributed by atoms with Crippen molar-refractivity contribution in [3.63, 3.8) is 0 Å². The maximum Gasteiger partial charge on any atom is 0.225 e. The molecule has 1 heterocycles. The number of hydrogen-bond acceptors (Lipinski definition) is 3. The van der Waals surface area contributed by atoms with E-state index in [2.05, 4.69) is 27.9 Å². The van der Waals surface area contributed by atoms with Gasteiger partial charge in [-0.05, 0) is 30.7 Å². The van der Waals surface area contributed by atoms with Gasteiger partial charge in [0, 0.05) is 17.7 Å². The van der Waals surface area contributed by atoms with Crippen molar-refractivity contribution in [1.82, 2.24) is 14.8 Å². The highest BCUT2D eigenvalue weighted by atomic mass is 35.5. The molecule has 0 bridgehead atoms. The molecule has 1 aromatic rings. The Bertz CT molecular complexity index is 322. The number of aromatic nitrogens is 3. The van der Waals surface area contributed by atoms with Crippen LogP contribution in [-0.2, 0) is 6.54 Å². The normalized spacial score (nSPS) is 18.5. The topological polar surface area (TPSA) is 30.7 Å². The van der Waals surface area contributed by atoms with E-state index >= 15 is 0 Å². The van der Waals surface area contributed by atoms with Crippen LogP contribution in [0.5, 0.6) is 0 Å². The van der Waals surface area contributed by atoms with Gasteiger partial charge in [-0.3, -0.25) is 0 Å². The second-order valence-electron chi connectivity index (χ2n) is 3.76. The predicted molar refractivity (Wildman–Crippen MR) is 60.0 cm³/mol. The minimum absolute atomic E-state index is 0.535. The molecule has 0 spiro atoms. The fourth-order valence-corrected chi connectivity index (χ4v) is 1.93. The Labute approximate surface area is 93.2 Å². The van der Waals surface area contributed by atoms with Crippen LogP contribution in [0.3, 0.4) is 0 Å². The highest BCUT2D eigenvalue weighted by Gasteiger charge is 2.30. The van der Waals surface area contributed by atoms with Crippen molar-refractivity contribution in [3.8, 4) is 0 Å². The Morgan fingerprint density at radius 3 is 2.86 bits per heavy atom. The molecule has 0 aliphatic heterocycles. The lowest BCUT2D eigenvalue weighted by Gasteiger charge is -2.11. The number of nitrogens with zero attached hydrogens (tertiary/aromatic N) is 3. The molecule has 2 rings (SSSR count). The zero-order chi connectivity index (χ0) is 10.1. The van der Waals surface area contributed by atoms with Crippen molar-refractivity contribution in [1.29, 1.82) is 0 Å². The standard InChI is InChI=1S/C9H14ClN3S/c1-6(14-2)5-13-8(7-3-4-7)11-12-9(13)10/h6-7H,3-5H2,1-2H3. The quantitative estimate of drug-likeness (QED) is 0.798. The molecule has 0 radical (unpaired) electrons. The largest absolute Gasteiger partial charge is 0.300 e. The molecule has 1 unspecified atom stereocenters. The molecule has 0 N–H and O–H groups in total. The van der Waals surface area contributed by atoms with Gasteiger partial charge in [-0.25, -0.2) is 0 Å². The van der Waals surface area contributed by atoms with Gasteiger partial charge < -0.3 is 4.57 Å². The Balaban J connectivity index is 2.16. The SMILES string of the molecule is CSC(C)Cn1c(Cl)nnc1C1CC1. The van der Waals surface area contributed by atoms with Crippen molar-refractivity contribution >= 4 is 23.4 Å². The van der Waals surface area contributed by atoms with Crippen LogP contribution in [0.25, 0.3) is 0 Å². The molecule has 1 fully saturated rings. The van der Waals surface area contributed by atoms with Crippen molar-refractivity contribution in [2.75, 3.05) is 6.26 Å². The van der Waals surface area contributed by atoms with Crippen LogP contribution in [0.15, 0.2) is 0 Å². The van der Waals surface area contributed by atoms with Crippen LogP contribution in [-0.4, -0.2) is 26.3 Å². The summed E-state index contributed by atoms with van der Waals surface area (Å²) in [5, 5.41) is 9.16. The zero-order valence-electron chi connectivity index (χ0n) is 8.40. The summed E-state index contributed by atoms with van der Waals surface area (Å²) in [6, 6.07) is 0. The predicted octanol–water partition coefficient (Wildman–Crippen LogP) is 2.56. The summed E-state index contributed by atoms with van der Waals surface area (Å²) in [6.07, 6.45) is 4.59. The molecular weight excluding hydrogens is 218 g/mol. The fraction of sp³-hybridized carbons (Fsp3) is 0.778. The molecule has 3 nitrogen and oxygen atoms in total. The maximum atomic E-state index is 6.00. The van der Waals surface area contributed by atoms with Crippen molar-refractivity contribution in [3.05, 3.63) is 11.1 Å². The number of thioether (sulfide) groups is 1. The van der Waals surface area contributed by atoms with E-state index in [1.165, 1.54) is 12.8 Å². The molecule has 1 atom stereocenters. The van der Waals surface area contributed by atoms with Crippen molar-refractivity contribution in [2.45, 2.75) is 37.5 Å². The van der Waals surface area contributed by atoms with Gasteiger partial charge in [-0.1, -0.05) is 6.92 Å². The Hall–Kier alpha value is -0.220. The summed E-state index contributed by atoms with van der Waals surface area (Å²) in [5.74, 6) is 1.69. The molecule has 0 aromatic carbocycles. The van der Waals surface area contributed by atoms with Crippen LogP contribution in [0.1, 0.15) is 31.5 Å². The summed E-state index contributed by atoms with van der Waals surface area (Å²) in [7, 11) is 0. The summed E-state index contributed by atoms with van der Waals surface area (Å²) in [5.41, 5.74) is 0. The first-order valence-electron chi connectivity index (χ1n) is 4.83. The zero-order valence-corrected chi connectivity index (χ0v) is 9.98. The summed E-state index contributed by atoms with van der Waals surface area (Å²) in [6.45, 7) is 3.11. The molecule has 1 aliphatic carbocycles. The van der Waals surface area contributed by atoms with E-state index in [9.17, 15) is 0 Å².